The van der Waals surface area contributed by atoms with Gasteiger partial charge in [-0.2, -0.15) is 10.1 Å². The molecule has 0 bridgehead atoms. The predicted molar refractivity (Wildman–Crippen MR) is 82.1 cm³/mol. The Bertz CT molecular complexity index is 631. The fourth-order valence-electron chi connectivity index (χ4n) is 1.99. The molecule has 0 N–H and O–H groups in total. The minimum Gasteiger partial charge on any atom is -0.347 e. The molecule has 0 spiro atoms. The lowest BCUT2D eigenvalue weighted by Crippen LogP contribution is -2.26. The number of nitrogens with zero attached hydrogens (tertiary/aromatic N) is 5. The third-order valence-electron chi connectivity index (χ3n) is 4.02. The average molecular weight is 305 g/mol. The van der Waals surface area contributed by atoms with Gasteiger partial charge in [0, 0.05) is 26.2 Å². The van der Waals surface area contributed by atoms with Crippen LogP contribution < -0.4 is 0 Å². The first-order valence-corrected chi connectivity index (χ1v) is 7.49. The molecule has 120 valence electrons. The molecule has 2 aromatic rings. The Morgan fingerprint density at radius 1 is 1.41 bits per heavy atom. The molecule has 1 amide bonds. The van der Waals surface area contributed by atoms with Crippen LogP contribution in [-0.2, 0) is 11.3 Å². The molecule has 22 heavy (non-hydrogen) atoms. The second-order valence-corrected chi connectivity index (χ2v) is 5.85. The summed E-state index contributed by atoms with van der Waals surface area (Å²) in [6, 6.07) is 0. The molecule has 0 aliphatic carbocycles. The molecule has 0 saturated heterocycles. The summed E-state index contributed by atoms with van der Waals surface area (Å²) in [5, 5.41) is 8.22. The van der Waals surface area contributed by atoms with E-state index in [1.807, 2.05) is 0 Å². The molecule has 2 atom stereocenters. The number of carbonyl (C=O) groups excluding carboxylic acids is 1. The average Bonchev–Trinajstić information content (AvgIpc) is 3.14. The maximum absolute atomic E-state index is 11.7. The van der Waals surface area contributed by atoms with Gasteiger partial charge in [0.25, 0.3) is 5.89 Å². The summed E-state index contributed by atoms with van der Waals surface area (Å²) in [6.07, 6.45) is 4.44. The first-order chi connectivity index (χ1) is 10.4. The standard InChI is InChI=1S/C15H23N5O2/c1-6-10(2)11(3)14-17-15(22-18-14)12-7-16-20(8-12)9-13(21)19(4)5/h7-8,10-11H,6,9H2,1-5H3. The lowest BCUT2D eigenvalue weighted by atomic mass is 9.93. The molecule has 0 aromatic carbocycles. The van der Waals surface area contributed by atoms with E-state index in [0.29, 0.717) is 17.6 Å². The van der Waals surface area contributed by atoms with Crippen LogP contribution in [0.1, 0.15) is 38.9 Å². The maximum Gasteiger partial charge on any atom is 0.261 e. The fraction of sp³-hybridized carbons (Fsp3) is 0.600. The number of hydrogen-bond acceptors (Lipinski definition) is 5. The number of amides is 1. The van der Waals surface area contributed by atoms with E-state index in [1.165, 1.54) is 4.90 Å². The topological polar surface area (TPSA) is 77.0 Å². The van der Waals surface area contributed by atoms with Crippen molar-refractivity contribution < 1.29 is 9.32 Å². The number of carbonyl (C=O) groups is 1. The number of aromatic nitrogens is 4. The van der Waals surface area contributed by atoms with Gasteiger partial charge >= 0.3 is 0 Å². The van der Waals surface area contributed by atoms with E-state index >= 15 is 0 Å². The van der Waals surface area contributed by atoms with E-state index in [4.69, 9.17) is 4.52 Å². The minimum absolute atomic E-state index is 0.0220. The highest BCUT2D eigenvalue weighted by Crippen LogP contribution is 2.26. The molecule has 0 fully saturated rings. The summed E-state index contributed by atoms with van der Waals surface area (Å²) < 4.78 is 6.89. The van der Waals surface area contributed by atoms with Gasteiger partial charge in [-0.15, -0.1) is 0 Å². The van der Waals surface area contributed by atoms with Crippen LogP contribution >= 0.6 is 0 Å². The van der Waals surface area contributed by atoms with Gasteiger partial charge in [-0.3, -0.25) is 9.48 Å². The summed E-state index contributed by atoms with van der Waals surface area (Å²) >= 11 is 0. The molecule has 7 nitrogen and oxygen atoms in total. The molecule has 2 rings (SSSR count). The molecular formula is C15H23N5O2. The first-order valence-electron chi connectivity index (χ1n) is 7.49. The Balaban J connectivity index is 2.12. The van der Waals surface area contributed by atoms with Crippen LogP contribution in [0.3, 0.4) is 0 Å². The lowest BCUT2D eigenvalue weighted by molar-refractivity contribution is -0.129. The zero-order valence-corrected chi connectivity index (χ0v) is 13.8. The summed E-state index contributed by atoms with van der Waals surface area (Å²) in [5.41, 5.74) is 0.724. The molecule has 0 radical (unpaired) electrons. The van der Waals surface area contributed by atoms with Gasteiger partial charge in [0.15, 0.2) is 5.82 Å². The van der Waals surface area contributed by atoms with E-state index in [2.05, 4.69) is 36.0 Å². The van der Waals surface area contributed by atoms with Gasteiger partial charge in [0.05, 0.1) is 11.8 Å². The third kappa shape index (κ3) is 3.52. The van der Waals surface area contributed by atoms with Gasteiger partial charge in [0.1, 0.15) is 6.54 Å². The van der Waals surface area contributed by atoms with Crippen molar-refractivity contribution in [1.29, 1.82) is 0 Å². The smallest absolute Gasteiger partial charge is 0.261 e. The SMILES string of the molecule is CCC(C)C(C)c1noc(-c2cnn(CC(=O)N(C)C)c2)n1. The van der Waals surface area contributed by atoms with E-state index in [1.54, 1.807) is 31.2 Å². The number of rotatable bonds is 6. The Labute approximate surface area is 130 Å². The molecule has 2 unspecified atom stereocenters. The Kier molecular flexibility index (Phi) is 4.95. The summed E-state index contributed by atoms with van der Waals surface area (Å²) in [6.45, 7) is 6.61. The van der Waals surface area contributed by atoms with E-state index < -0.39 is 0 Å². The zero-order valence-electron chi connectivity index (χ0n) is 13.8. The normalized spacial score (nSPS) is 13.9. The van der Waals surface area contributed by atoms with Crippen molar-refractivity contribution >= 4 is 5.91 Å². The molecule has 7 heteroatoms. The summed E-state index contributed by atoms with van der Waals surface area (Å²) in [4.78, 5) is 17.7. The Morgan fingerprint density at radius 2 is 2.14 bits per heavy atom. The van der Waals surface area contributed by atoms with Crippen molar-refractivity contribution in [2.75, 3.05) is 14.1 Å². The summed E-state index contributed by atoms with van der Waals surface area (Å²) in [5.74, 6) is 1.86. The highest BCUT2D eigenvalue weighted by molar-refractivity contribution is 5.75. The molecule has 2 aromatic heterocycles. The monoisotopic (exact) mass is 305 g/mol. The molecular weight excluding hydrogens is 282 g/mol. The zero-order chi connectivity index (χ0) is 16.3. The van der Waals surface area contributed by atoms with E-state index in [0.717, 1.165) is 12.0 Å². The first kappa shape index (κ1) is 16.2. The highest BCUT2D eigenvalue weighted by atomic mass is 16.5. The van der Waals surface area contributed by atoms with Crippen molar-refractivity contribution in [2.24, 2.45) is 5.92 Å². The van der Waals surface area contributed by atoms with Gasteiger partial charge < -0.3 is 9.42 Å². The second kappa shape index (κ2) is 6.72. The molecule has 0 aliphatic heterocycles. The predicted octanol–water partition coefficient (Wildman–Crippen LogP) is 2.17. The Morgan fingerprint density at radius 3 is 2.77 bits per heavy atom. The summed E-state index contributed by atoms with van der Waals surface area (Å²) in [7, 11) is 3.43. The van der Waals surface area contributed by atoms with Crippen molar-refractivity contribution in [3.8, 4) is 11.5 Å². The van der Waals surface area contributed by atoms with E-state index in [-0.39, 0.29) is 18.4 Å². The van der Waals surface area contributed by atoms with Crippen LogP contribution in [0.5, 0.6) is 0 Å². The number of hydrogen-bond donors (Lipinski definition) is 0. The fourth-order valence-corrected chi connectivity index (χ4v) is 1.99. The highest BCUT2D eigenvalue weighted by Gasteiger charge is 2.20. The van der Waals surface area contributed by atoms with Crippen LogP contribution in [0.4, 0.5) is 0 Å². The van der Waals surface area contributed by atoms with Crippen LogP contribution in [0.25, 0.3) is 11.5 Å². The quantitative estimate of drug-likeness (QED) is 0.817. The van der Waals surface area contributed by atoms with Gasteiger partial charge in [0.2, 0.25) is 5.91 Å². The largest absolute Gasteiger partial charge is 0.347 e. The van der Waals surface area contributed by atoms with E-state index in [9.17, 15) is 4.79 Å². The third-order valence-corrected chi connectivity index (χ3v) is 4.02. The van der Waals surface area contributed by atoms with Crippen LogP contribution in [0.2, 0.25) is 0 Å². The van der Waals surface area contributed by atoms with Crippen molar-refractivity contribution in [3.05, 3.63) is 18.2 Å². The van der Waals surface area contributed by atoms with Crippen LogP contribution in [0.15, 0.2) is 16.9 Å². The molecule has 2 heterocycles. The van der Waals surface area contributed by atoms with Crippen molar-refractivity contribution in [2.45, 2.75) is 39.7 Å². The maximum atomic E-state index is 11.7. The van der Waals surface area contributed by atoms with Crippen molar-refractivity contribution in [3.63, 3.8) is 0 Å². The number of likely N-dealkylation sites (N-methyl/N-ethyl adjacent to an activating group) is 1. The molecule has 0 aliphatic rings. The van der Waals surface area contributed by atoms with Gasteiger partial charge in [-0.1, -0.05) is 32.3 Å². The molecule has 0 saturated carbocycles. The minimum atomic E-state index is -0.0220. The van der Waals surface area contributed by atoms with Gasteiger partial charge in [-0.25, -0.2) is 0 Å². The van der Waals surface area contributed by atoms with Crippen LogP contribution in [-0.4, -0.2) is 44.8 Å². The Hall–Kier alpha value is -2.18. The second-order valence-electron chi connectivity index (χ2n) is 5.85. The van der Waals surface area contributed by atoms with Crippen LogP contribution in [0, 0.1) is 5.92 Å². The lowest BCUT2D eigenvalue weighted by Gasteiger charge is -2.13. The van der Waals surface area contributed by atoms with Gasteiger partial charge in [-0.05, 0) is 5.92 Å². The van der Waals surface area contributed by atoms with Crippen molar-refractivity contribution in [1.82, 2.24) is 24.8 Å².